The first-order valence-corrected chi connectivity index (χ1v) is 9.90. The Labute approximate surface area is 169 Å². The van der Waals surface area contributed by atoms with Crippen LogP contribution in [-0.2, 0) is 6.11 Å². The van der Waals surface area contributed by atoms with E-state index in [2.05, 4.69) is 6.58 Å². The van der Waals surface area contributed by atoms with Gasteiger partial charge in [0.15, 0.2) is 0 Å². The predicted octanol–water partition coefficient (Wildman–Crippen LogP) is 7.07. The lowest BCUT2D eigenvalue weighted by molar-refractivity contribution is -0.185. The molecule has 0 heterocycles. The molecule has 1 aliphatic rings. The molecule has 0 amide bonds. The first kappa shape index (κ1) is 21.0. The van der Waals surface area contributed by atoms with Crippen molar-refractivity contribution in [3.63, 3.8) is 0 Å². The maximum Gasteiger partial charge on any atom is 0.426 e. The van der Waals surface area contributed by atoms with Crippen LogP contribution in [0.3, 0.4) is 0 Å². The van der Waals surface area contributed by atoms with Crippen LogP contribution in [0.1, 0.15) is 61.1 Å². The summed E-state index contributed by atoms with van der Waals surface area (Å²) in [7, 11) is 0. The second-order valence-corrected chi connectivity index (χ2v) is 7.58. The Morgan fingerprint density at radius 1 is 1.10 bits per heavy atom. The van der Waals surface area contributed by atoms with Crippen molar-refractivity contribution in [2.75, 3.05) is 0 Å². The van der Waals surface area contributed by atoms with Crippen molar-refractivity contribution in [2.24, 2.45) is 5.92 Å². The number of hydrogen-bond donors (Lipinski definition) is 0. The van der Waals surface area contributed by atoms with Crippen LogP contribution in [0.2, 0.25) is 0 Å². The van der Waals surface area contributed by atoms with Crippen molar-refractivity contribution in [3.05, 3.63) is 77.6 Å². The van der Waals surface area contributed by atoms with Crippen LogP contribution in [0.15, 0.2) is 55.1 Å². The number of allylic oxidation sites excluding steroid dienone is 1. The van der Waals surface area contributed by atoms with Crippen LogP contribution in [0.5, 0.6) is 5.75 Å². The van der Waals surface area contributed by atoms with Gasteiger partial charge in [0.2, 0.25) is 0 Å². The molecule has 0 N–H and O–H groups in total. The summed E-state index contributed by atoms with van der Waals surface area (Å²) in [5.74, 6) is -0.0893. The van der Waals surface area contributed by atoms with Crippen molar-refractivity contribution < 1.29 is 17.9 Å². The molecule has 1 aliphatic carbocycles. The molecular formula is C24H24F3NO. The van der Waals surface area contributed by atoms with Crippen molar-refractivity contribution in [1.82, 2.24) is 0 Å². The summed E-state index contributed by atoms with van der Waals surface area (Å²) in [6, 6.07) is 10.9. The average Bonchev–Trinajstić information content (AvgIpc) is 2.72. The number of rotatable bonds is 7. The minimum atomic E-state index is -3.60. The van der Waals surface area contributed by atoms with Crippen LogP contribution in [0.4, 0.5) is 13.2 Å². The highest BCUT2D eigenvalue weighted by Gasteiger charge is 2.35. The van der Waals surface area contributed by atoms with Crippen molar-refractivity contribution in [2.45, 2.75) is 50.6 Å². The summed E-state index contributed by atoms with van der Waals surface area (Å²) in [6.07, 6.45) is 5.03. The Morgan fingerprint density at radius 2 is 1.79 bits per heavy atom. The second-order valence-electron chi connectivity index (χ2n) is 7.58. The number of alkyl halides is 2. The molecule has 5 heteroatoms. The molecule has 0 unspecified atom stereocenters. The third kappa shape index (κ3) is 5.20. The van der Waals surface area contributed by atoms with E-state index in [0.717, 1.165) is 61.8 Å². The fourth-order valence-electron chi connectivity index (χ4n) is 3.94. The Morgan fingerprint density at radius 3 is 2.38 bits per heavy atom. The molecule has 3 rings (SSSR count). The zero-order valence-corrected chi connectivity index (χ0v) is 16.2. The topological polar surface area (TPSA) is 33.0 Å². The Hall–Kier alpha value is -2.74. The Kier molecular flexibility index (Phi) is 6.64. The van der Waals surface area contributed by atoms with Crippen LogP contribution in [0, 0.1) is 23.1 Å². The standard InChI is InChI=1S/C24H24F3NO/c1-2-3-4-17-5-7-18(8-6-17)19-9-12-21(13-10-19)24(26,27)29-22-14-11-20(16-28)23(25)15-22/h2,9-15,17-18H,1,3-8H2/t17-,18-. The molecule has 0 aliphatic heterocycles. The minimum Gasteiger partial charge on any atom is -0.429 e. The lowest BCUT2D eigenvalue weighted by atomic mass is 9.77. The monoisotopic (exact) mass is 399 g/mol. The lowest BCUT2D eigenvalue weighted by Gasteiger charge is -2.29. The highest BCUT2D eigenvalue weighted by molar-refractivity contribution is 5.37. The van der Waals surface area contributed by atoms with E-state index in [1.54, 1.807) is 18.2 Å². The van der Waals surface area contributed by atoms with Crippen LogP contribution >= 0.6 is 0 Å². The molecule has 0 atom stereocenters. The smallest absolute Gasteiger partial charge is 0.426 e. The molecule has 0 bridgehead atoms. The highest BCUT2D eigenvalue weighted by Crippen LogP contribution is 2.39. The minimum absolute atomic E-state index is 0.218. The van der Waals surface area contributed by atoms with E-state index < -0.39 is 11.9 Å². The van der Waals surface area contributed by atoms with Gasteiger partial charge in [-0.3, -0.25) is 0 Å². The molecule has 2 aromatic carbocycles. The zero-order chi connectivity index (χ0) is 20.9. The van der Waals surface area contributed by atoms with E-state index in [0.29, 0.717) is 5.92 Å². The first-order valence-electron chi connectivity index (χ1n) is 9.90. The number of benzene rings is 2. The van der Waals surface area contributed by atoms with Gasteiger partial charge >= 0.3 is 6.11 Å². The van der Waals surface area contributed by atoms with Crippen molar-refractivity contribution in [3.8, 4) is 11.8 Å². The van der Waals surface area contributed by atoms with Gasteiger partial charge < -0.3 is 4.74 Å². The van der Waals surface area contributed by atoms with E-state index in [1.165, 1.54) is 18.6 Å². The number of hydrogen-bond acceptors (Lipinski definition) is 2. The highest BCUT2D eigenvalue weighted by atomic mass is 19.3. The van der Waals surface area contributed by atoms with E-state index in [4.69, 9.17) is 10.00 Å². The summed E-state index contributed by atoms with van der Waals surface area (Å²) in [6.45, 7) is 3.77. The van der Waals surface area contributed by atoms with E-state index >= 15 is 0 Å². The normalized spacial score (nSPS) is 19.4. The molecule has 0 radical (unpaired) electrons. The fourth-order valence-corrected chi connectivity index (χ4v) is 3.94. The van der Waals surface area contributed by atoms with Crippen molar-refractivity contribution >= 4 is 0 Å². The largest absolute Gasteiger partial charge is 0.429 e. The predicted molar refractivity (Wildman–Crippen MR) is 106 cm³/mol. The van der Waals surface area contributed by atoms with Gasteiger partial charge in [-0.1, -0.05) is 18.2 Å². The van der Waals surface area contributed by atoms with E-state index in [9.17, 15) is 13.2 Å². The molecule has 2 aromatic rings. The summed E-state index contributed by atoms with van der Waals surface area (Å²) < 4.78 is 47.3. The third-order valence-corrected chi connectivity index (χ3v) is 5.65. The second kappa shape index (κ2) is 9.17. The molecule has 1 fully saturated rings. The number of nitrogens with zero attached hydrogens (tertiary/aromatic N) is 1. The van der Waals surface area contributed by atoms with Gasteiger partial charge in [-0.05, 0) is 80.2 Å². The molecule has 1 saturated carbocycles. The lowest BCUT2D eigenvalue weighted by Crippen LogP contribution is -2.22. The summed E-state index contributed by atoms with van der Waals surface area (Å²) >= 11 is 0. The number of ether oxygens (including phenoxy) is 1. The van der Waals surface area contributed by atoms with Gasteiger partial charge in [0.25, 0.3) is 0 Å². The first-order chi connectivity index (χ1) is 13.9. The molecule has 0 saturated heterocycles. The van der Waals surface area contributed by atoms with Crippen LogP contribution < -0.4 is 4.74 Å². The Balaban J connectivity index is 1.64. The van der Waals surface area contributed by atoms with Gasteiger partial charge in [0.1, 0.15) is 17.6 Å². The van der Waals surface area contributed by atoms with Gasteiger partial charge in [0.05, 0.1) is 11.1 Å². The number of nitriles is 1. The summed E-state index contributed by atoms with van der Waals surface area (Å²) in [5, 5.41) is 8.72. The molecule has 2 nitrogen and oxygen atoms in total. The molecule has 0 aromatic heterocycles. The van der Waals surface area contributed by atoms with Gasteiger partial charge in [-0.25, -0.2) is 4.39 Å². The fraction of sp³-hybridized carbons (Fsp3) is 0.375. The maximum absolute atomic E-state index is 14.5. The quantitative estimate of drug-likeness (QED) is 0.467. The average molecular weight is 399 g/mol. The van der Waals surface area contributed by atoms with E-state index in [1.807, 2.05) is 6.08 Å². The van der Waals surface area contributed by atoms with Gasteiger partial charge in [0, 0.05) is 6.07 Å². The zero-order valence-electron chi connectivity index (χ0n) is 16.2. The van der Waals surface area contributed by atoms with Crippen LogP contribution in [0.25, 0.3) is 0 Å². The van der Waals surface area contributed by atoms with Crippen LogP contribution in [-0.4, -0.2) is 0 Å². The number of halogens is 3. The maximum atomic E-state index is 14.5. The Bertz CT molecular complexity index is 878. The van der Waals surface area contributed by atoms with Gasteiger partial charge in [-0.15, -0.1) is 6.58 Å². The van der Waals surface area contributed by atoms with E-state index in [-0.39, 0.29) is 16.9 Å². The summed E-state index contributed by atoms with van der Waals surface area (Å²) in [5.41, 5.74) is 0.561. The van der Waals surface area contributed by atoms with Crippen molar-refractivity contribution in [1.29, 1.82) is 5.26 Å². The molecule has 29 heavy (non-hydrogen) atoms. The molecule has 152 valence electrons. The SMILES string of the molecule is C=CCC[C@H]1CC[C@H](c2ccc(C(F)(F)Oc3ccc(C#N)c(F)c3)cc2)CC1. The third-order valence-electron chi connectivity index (χ3n) is 5.65. The van der Waals surface area contributed by atoms with Gasteiger partial charge in [-0.2, -0.15) is 14.0 Å². The molecule has 0 spiro atoms. The summed E-state index contributed by atoms with van der Waals surface area (Å²) in [4.78, 5) is 0. The molecular weight excluding hydrogens is 375 g/mol.